The minimum Gasteiger partial charge on any atom is -0.476 e. The summed E-state index contributed by atoms with van der Waals surface area (Å²) in [5.74, 6) is -0.445. The molecule has 140 valence electrons. The summed E-state index contributed by atoms with van der Waals surface area (Å²) >= 11 is 0. The molecule has 2 aromatic heterocycles. The number of carbonyl (C=O) groups is 1. The highest BCUT2D eigenvalue weighted by atomic mass is 16.4. The van der Waals surface area contributed by atoms with E-state index in [4.69, 9.17) is 10.8 Å². The van der Waals surface area contributed by atoms with Crippen LogP contribution in [-0.4, -0.2) is 25.8 Å². The Bertz CT molecular complexity index is 972. The molecule has 1 aromatic carbocycles. The molecule has 0 aliphatic heterocycles. The minimum absolute atomic E-state index is 0.0466. The van der Waals surface area contributed by atoms with Gasteiger partial charge >= 0.3 is 5.97 Å². The smallest absolute Gasteiger partial charge is 0.356 e. The summed E-state index contributed by atoms with van der Waals surface area (Å²) in [5, 5.41) is 17.3. The van der Waals surface area contributed by atoms with E-state index in [1.807, 2.05) is 30.3 Å². The zero-order valence-corrected chi connectivity index (χ0v) is 15.6. The molecule has 4 N–H and O–H groups in total. The van der Waals surface area contributed by atoms with Gasteiger partial charge in [0.05, 0.1) is 17.1 Å². The van der Waals surface area contributed by atoms with E-state index in [-0.39, 0.29) is 11.1 Å². The molecule has 0 atom stereocenters. The van der Waals surface area contributed by atoms with Gasteiger partial charge in [-0.15, -0.1) is 0 Å². The van der Waals surface area contributed by atoms with Gasteiger partial charge in [0.25, 0.3) is 0 Å². The van der Waals surface area contributed by atoms with Gasteiger partial charge in [-0.2, -0.15) is 5.10 Å². The van der Waals surface area contributed by atoms with E-state index in [9.17, 15) is 9.90 Å². The van der Waals surface area contributed by atoms with Gasteiger partial charge in [0.2, 0.25) is 0 Å². The quantitative estimate of drug-likeness (QED) is 0.639. The molecule has 0 bridgehead atoms. The zero-order valence-electron chi connectivity index (χ0n) is 15.6. The number of anilines is 2. The Labute approximate surface area is 157 Å². The highest BCUT2D eigenvalue weighted by molar-refractivity contribution is 5.92. The van der Waals surface area contributed by atoms with E-state index in [2.05, 4.69) is 31.1 Å². The average molecular weight is 365 g/mol. The van der Waals surface area contributed by atoms with Crippen LogP contribution in [0.3, 0.4) is 0 Å². The second kappa shape index (κ2) is 7.20. The number of aromatic nitrogens is 3. The van der Waals surface area contributed by atoms with E-state index < -0.39 is 5.97 Å². The van der Waals surface area contributed by atoms with Crippen LogP contribution in [0.5, 0.6) is 0 Å². The molecule has 2 heterocycles. The summed E-state index contributed by atoms with van der Waals surface area (Å²) in [6.07, 6.45) is 1.45. The topological polar surface area (TPSA) is 106 Å². The Balaban J connectivity index is 2.15. The predicted octanol–water partition coefficient (Wildman–Crippen LogP) is 3.47. The number of pyridine rings is 1. The Morgan fingerprint density at radius 2 is 1.96 bits per heavy atom. The molecule has 0 fully saturated rings. The second-order valence-corrected chi connectivity index (χ2v) is 7.24. The molecule has 0 aliphatic carbocycles. The fourth-order valence-corrected chi connectivity index (χ4v) is 2.72. The van der Waals surface area contributed by atoms with Gasteiger partial charge in [-0.3, -0.25) is 0 Å². The molecule has 0 aliphatic rings. The number of hydrogen-bond donors (Lipinski definition) is 3. The molecule has 0 unspecified atom stereocenters. The molecule has 0 saturated heterocycles. The molecule has 27 heavy (non-hydrogen) atoms. The summed E-state index contributed by atoms with van der Waals surface area (Å²) in [5.41, 5.74) is 8.73. The lowest BCUT2D eigenvalue weighted by atomic mass is 9.92. The number of hydrogen-bond acceptors (Lipinski definition) is 5. The minimum atomic E-state index is -1.09. The summed E-state index contributed by atoms with van der Waals surface area (Å²) in [6, 6.07) is 13.0. The largest absolute Gasteiger partial charge is 0.476 e. The number of nitrogens with one attached hydrogen (secondary N) is 1. The van der Waals surface area contributed by atoms with Gasteiger partial charge in [0, 0.05) is 24.2 Å². The third-order valence-electron chi connectivity index (χ3n) is 4.19. The predicted molar refractivity (Wildman–Crippen MR) is 105 cm³/mol. The molecular weight excluding hydrogens is 342 g/mol. The van der Waals surface area contributed by atoms with Crippen LogP contribution in [0.15, 0.2) is 48.7 Å². The molecule has 0 radical (unpaired) electrons. The van der Waals surface area contributed by atoms with Crippen molar-refractivity contribution in [3.63, 3.8) is 0 Å². The van der Waals surface area contributed by atoms with Crippen molar-refractivity contribution in [3.8, 4) is 5.69 Å². The SMILES string of the molecule is CC(C)(C)c1cc(Nc2cccnc2C(=O)O)n(-c2ccccc2CN)n1. The van der Waals surface area contributed by atoms with E-state index >= 15 is 0 Å². The number of carboxylic acid groups (broad SMARTS) is 1. The Kier molecular flexibility index (Phi) is 4.96. The van der Waals surface area contributed by atoms with Crippen LogP contribution in [0.2, 0.25) is 0 Å². The lowest BCUT2D eigenvalue weighted by molar-refractivity contribution is 0.0691. The van der Waals surface area contributed by atoms with Gasteiger partial charge < -0.3 is 16.2 Å². The summed E-state index contributed by atoms with van der Waals surface area (Å²) in [7, 11) is 0. The van der Waals surface area contributed by atoms with Crippen LogP contribution in [0.4, 0.5) is 11.5 Å². The first-order valence-corrected chi connectivity index (χ1v) is 8.65. The van der Waals surface area contributed by atoms with Crippen molar-refractivity contribution in [2.45, 2.75) is 32.7 Å². The van der Waals surface area contributed by atoms with Crippen LogP contribution < -0.4 is 11.1 Å². The lowest BCUT2D eigenvalue weighted by Gasteiger charge is -2.15. The van der Waals surface area contributed by atoms with Gasteiger partial charge in [-0.05, 0) is 23.8 Å². The summed E-state index contributed by atoms with van der Waals surface area (Å²) in [6.45, 7) is 6.59. The molecule has 0 amide bonds. The second-order valence-electron chi connectivity index (χ2n) is 7.24. The zero-order chi connectivity index (χ0) is 19.6. The van der Waals surface area contributed by atoms with E-state index in [0.29, 0.717) is 18.1 Å². The fraction of sp³-hybridized carbons (Fsp3) is 0.250. The normalized spacial score (nSPS) is 11.4. The fourth-order valence-electron chi connectivity index (χ4n) is 2.72. The summed E-state index contributed by atoms with van der Waals surface area (Å²) in [4.78, 5) is 15.4. The van der Waals surface area contributed by atoms with Crippen molar-refractivity contribution in [2.75, 3.05) is 5.32 Å². The molecule has 0 saturated carbocycles. The van der Waals surface area contributed by atoms with Gasteiger partial charge in [0.15, 0.2) is 5.69 Å². The Hall–Kier alpha value is -3.19. The van der Waals surface area contributed by atoms with Crippen molar-refractivity contribution in [1.29, 1.82) is 0 Å². The van der Waals surface area contributed by atoms with Gasteiger partial charge in [-0.1, -0.05) is 39.0 Å². The van der Waals surface area contributed by atoms with Crippen LogP contribution >= 0.6 is 0 Å². The molecule has 7 nitrogen and oxygen atoms in total. The maximum atomic E-state index is 11.5. The first kappa shape index (κ1) is 18.6. The number of aromatic carboxylic acids is 1. The van der Waals surface area contributed by atoms with Crippen molar-refractivity contribution in [3.05, 3.63) is 65.6 Å². The molecule has 3 aromatic rings. The average Bonchev–Trinajstić information content (AvgIpc) is 3.06. The number of rotatable bonds is 5. The first-order valence-electron chi connectivity index (χ1n) is 8.65. The third kappa shape index (κ3) is 3.83. The van der Waals surface area contributed by atoms with E-state index in [1.54, 1.807) is 16.8 Å². The maximum Gasteiger partial charge on any atom is 0.356 e. The van der Waals surface area contributed by atoms with Crippen LogP contribution in [0.1, 0.15) is 42.5 Å². The van der Waals surface area contributed by atoms with Crippen molar-refractivity contribution in [2.24, 2.45) is 5.73 Å². The highest BCUT2D eigenvalue weighted by Gasteiger charge is 2.22. The molecular formula is C20H23N5O2. The van der Waals surface area contributed by atoms with Crippen molar-refractivity contribution < 1.29 is 9.90 Å². The maximum absolute atomic E-state index is 11.5. The lowest BCUT2D eigenvalue weighted by Crippen LogP contribution is -2.13. The van der Waals surface area contributed by atoms with Crippen molar-refractivity contribution >= 4 is 17.5 Å². The Morgan fingerprint density at radius 3 is 2.63 bits per heavy atom. The molecule has 3 rings (SSSR count). The number of para-hydroxylation sites is 1. The van der Waals surface area contributed by atoms with Gasteiger partial charge in [-0.25, -0.2) is 14.5 Å². The number of nitrogens with two attached hydrogens (primary N) is 1. The number of nitrogens with zero attached hydrogens (tertiary/aromatic N) is 3. The number of benzene rings is 1. The van der Waals surface area contributed by atoms with Gasteiger partial charge in [0.1, 0.15) is 5.82 Å². The highest BCUT2D eigenvalue weighted by Crippen LogP contribution is 2.29. The van der Waals surface area contributed by atoms with Crippen molar-refractivity contribution in [1.82, 2.24) is 14.8 Å². The third-order valence-corrected chi connectivity index (χ3v) is 4.19. The molecule has 7 heteroatoms. The van der Waals surface area contributed by atoms with E-state index in [1.165, 1.54) is 6.20 Å². The van der Waals surface area contributed by atoms with Crippen LogP contribution in [-0.2, 0) is 12.0 Å². The monoisotopic (exact) mass is 365 g/mol. The van der Waals surface area contributed by atoms with Crippen LogP contribution in [0.25, 0.3) is 5.69 Å². The standard InChI is InChI=1S/C20H23N5O2/c1-20(2,3)16-11-17(23-14-8-6-10-22-18(14)19(26)27)25(24-16)15-9-5-4-7-13(15)12-21/h4-11,23H,12,21H2,1-3H3,(H,26,27). The number of carboxylic acids is 1. The van der Waals surface area contributed by atoms with E-state index in [0.717, 1.165) is 16.9 Å². The molecule has 0 spiro atoms. The Morgan fingerprint density at radius 1 is 1.22 bits per heavy atom. The summed E-state index contributed by atoms with van der Waals surface area (Å²) < 4.78 is 1.77. The van der Waals surface area contributed by atoms with Crippen LogP contribution in [0, 0.1) is 0 Å². The first-order chi connectivity index (χ1) is 12.8.